The maximum Gasteiger partial charge on any atom is 0.152 e. The smallest absolute Gasteiger partial charge is 0.152 e. The molecule has 1 spiro atoms. The number of piperidine rings is 1. The molecular formula is C25H32ClN7O2S. The molecule has 36 heavy (non-hydrogen) atoms. The zero-order chi connectivity index (χ0) is 25.3. The molecule has 11 heteroatoms. The lowest BCUT2D eigenvalue weighted by Crippen LogP contribution is -2.51. The molecule has 2 unspecified atom stereocenters. The maximum absolute atomic E-state index is 10.1. The first-order chi connectivity index (χ1) is 17.5. The lowest BCUT2D eigenvalue weighted by molar-refractivity contribution is 0.0973. The van der Waals surface area contributed by atoms with Crippen molar-refractivity contribution in [2.45, 2.75) is 73.7 Å². The summed E-state index contributed by atoms with van der Waals surface area (Å²) in [5.74, 6) is 1.42. The lowest BCUT2D eigenvalue weighted by atomic mass is 9.73. The Morgan fingerprint density at radius 1 is 1.31 bits per heavy atom. The van der Waals surface area contributed by atoms with E-state index in [-0.39, 0.29) is 30.2 Å². The van der Waals surface area contributed by atoms with Crippen LogP contribution in [0.4, 0.5) is 11.6 Å². The normalized spacial score (nSPS) is 25.5. The number of aromatic nitrogens is 3. The fraction of sp³-hybridized carbons (Fsp3) is 0.600. The number of aliphatic hydroxyl groups excluding tert-OH is 1. The number of aliphatic hydroxyl groups is 1. The van der Waals surface area contributed by atoms with Crippen molar-refractivity contribution in [3.05, 3.63) is 29.2 Å². The summed E-state index contributed by atoms with van der Waals surface area (Å²) in [5.41, 5.74) is 7.03. The first-order valence-electron chi connectivity index (χ1n) is 12.5. The van der Waals surface area contributed by atoms with Crippen LogP contribution in [-0.2, 0) is 11.3 Å². The fourth-order valence-corrected chi connectivity index (χ4v) is 6.83. The van der Waals surface area contributed by atoms with Crippen molar-refractivity contribution < 1.29 is 9.84 Å². The van der Waals surface area contributed by atoms with Gasteiger partial charge in [-0.25, -0.2) is 15.0 Å². The Balaban J connectivity index is 1.31. The molecule has 2 aromatic rings. The van der Waals surface area contributed by atoms with E-state index < -0.39 is 0 Å². The summed E-state index contributed by atoms with van der Waals surface area (Å²) in [5, 5.41) is 20.5. The third-order valence-electron chi connectivity index (χ3n) is 7.88. The molecule has 3 N–H and O–H groups in total. The van der Waals surface area contributed by atoms with Gasteiger partial charge in [-0.2, -0.15) is 5.26 Å². The molecule has 5 rings (SSSR count). The minimum absolute atomic E-state index is 0.0237. The van der Waals surface area contributed by atoms with Gasteiger partial charge in [0.2, 0.25) is 0 Å². The van der Waals surface area contributed by atoms with E-state index in [1.54, 1.807) is 12.4 Å². The first kappa shape index (κ1) is 25.5. The number of nitrogens with zero attached hydrogens (tertiary/aromatic N) is 6. The monoisotopic (exact) mass is 529 g/mol. The number of hydrogen-bond acceptors (Lipinski definition) is 10. The number of rotatable bonds is 6. The Morgan fingerprint density at radius 2 is 2.11 bits per heavy atom. The van der Waals surface area contributed by atoms with Gasteiger partial charge >= 0.3 is 0 Å². The number of ether oxygens (including phenoxy) is 1. The molecule has 0 aromatic carbocycles. The number of nitrogens with two attached hydrogens (primary N) is 1. The van der Waals surface area contributed by atoms with Crippen LogP contribution in [0.1, 0.15) is 44.7 Å². The van der Waals surface area contributed by atoms with E-state index in [0.29, 0.717) is 34.6 Å². The molecule has 3 atom stereocenters. The van der Waals surface area contributed by atoms with E-state index >= 15 is 0 Å². The van der Waals surface area contributed by atoms with Crippen LogP contribution in [0.2, 0.25) is 5.02 Å². The molecule has 9 nitrogen and oxygen atoms in total. The Morgan fingerprint density at radius 3 is 2.81 bits per heavy atom. The summed E-state index contributed by atoms with van der Waals surface area (Å²) in [7, 11) is 0. The number of anilines is 2. The topological polar surface area (TPSA) is 124 Å². The zero-order valence-corrected chi connectivity index (χ0v) is 22.0. The highest BCUT2D eigenvalue weighted by Crippen LogP contribution is 2.43. The predicted molar refractivity (Wildman–Crippen MR) is 139 cm³/mol. The Bertz CT molecular complexity index is 1140. The fourth-order valence-electron chi connectivity index (χ4n) is 5.70. The van der Waals surface area contributed by atoms with Gasteiger partial charge in [-0.1, -0.05) is 23.4 Å². The van der Waals surface area contributed by atoms with Crippen LogP contribution in [-0.4, -0.2) is 64.5 Å². The lowest BCUT2D eigenvalue weighted by Gasteiger charge is -2.41. The van der Waals surface area contributed by atoms with Crippen LogP contribution in [0.25, 0.3) is 0 Å². The van der Waals surface area contributed by atoms with Crippen LogP contribution in [0.5, 0.6) is 0 Å². The van der Waals surface area contributed by atoms with Crippen LogP contribution < -0.4 is 15.5 Å². The van der Waals surface area contributed by atoms with E-state index in [4.69, 9.17) is 37.3 Å². The summed E-state index contributed by atoms with van der Waals surface area (Å²) >= 11 is 8.18. The highest BCUT2D eigenvalue weighted by Gasteiger charge is 2.47. The van der Waals surface area contributed by atoms with Gasteiger partial charge in [-0.15, -0.1) is 0 Å². The Kier molecular flexibility index (Phi) is 7.56. The Hall–Kier alpha value is -2.16. The summed E-state index contributed by atoms with van der Waals surface area (Å²) in [4.78, 5) is 19.1. The summed E-state index contributed by atoms with van der Waals surface area (Å²) < 4.78 is 5.84. The minimum Gasteiger partial charge on any atom is -0.390 e. The second kappa shape index (κ2) is 10.7. The molecule has 0 aliphatic carbocycles. The molecule has 2 aromatic heterocycles. The number of nitriles is 1. The zero-order valence-electron chi connectivity index (χ0n) is 20.4. The second-order valence-electron chi connectivity index (χ2n) is 9.93. The average molecular weight is 530 g/mol. The molecule has 0 radical (unpaired) electrons. The van der Waals surface area contributed by atoms with Crippen molar-refractivity contribution in [1.82, 2.24) is 15.0 Å². The average Bonchev–Trinajstić information content (AvgIpc) is 3.46. The number of pyridine rings is 1. The van der Waals surface area contributed by atoms with E-state index in [1.165, 1.54) is 11.8 Å². The van der Waals surface area contributed by atoms with E-state index in [9.17, 15) is 5.11 Å². The molecule has 3 aliphatic rings. The van der Waals surface area contributed by atoms with E-state index in [0.717, 1.165) is 56.0 Å². The highest BCUT2D eigenvalue weighted by molar-refractivity contribution is 7.99. The molecule has 3 fully saturated rings. The van der Waals surface area contributed by atoms with Gasteiger partial charge in [0, 0.05) is 48.2 Å². The predicted octanol–water partition coefficient (Wildman–Crippen LogP) is 3.38. The minimum atomic E-state index is -0.197. The third-order valence-corrected chi connectivity index (χ3v) is 9.33. The van der Waals surface area contributed by atoms with Gasteiger partial charge in [-0.3, -0.25) is 0 Å². The number of halogens is 1. The third kappa shape index (κ3) is 4.75. The van der Waals surface area contributed by atoms with Crippen molar-refractivity contribution in [3.8, 4) is 6.07 Å². The first-order valence-corrected chi connectivity index (χ1v) is 13.7. The van der Waals surface area contributed by atoms with Crippen molar-refractivity contribution >= 4 is 35.0 Å². The Labute approximate surface area is 221 Å². The van der Waals surface area contributed by atoms with Crippen LogP contribution in [0.3, 0.4) is 0 Å². The van der Waals surface area contributed by atoms with Gasteiger partial charge in [0.05, 0.1) is 43.0 Å². The summed E-state index contributed by atoms with van der Waals surface area (Å²) in [6, 6.07) is 4.31. The van der Waals surface area contributed by atoms with Gasteiger partial charge in [0.1, 0.15) is 16.5 Å². The van der Waals surface area contributed by atoms with Gasteiger partial charge in [0.15, 0.2) is 5.82 Å². The van der Waals surface area contributed by atoms with Crippen molar-refractivity contribution in [2.24, 2.45) is 11.1 Å². The highest BCUT2D eigenvalue weighted by atomic mass is 35.5. The van der Waals surface area contributed by atoms with Crippen LogP contribution in [0.15, 0.2) is 28.4 Å². The van der Waals surface area contributed by atoms with Crippen LogP contribution in [0, 0.1) is 16.7 Å². The molecule has 5 heterocycles. The van der Waals surface area contributed by atoms with Crippen molar-refractivity contribution in [2.75, 3.05) is 36.0 Å². The quantitative estimate of drug-likeness (QED) is 0.575. The molecule has 3 aliphatic heterocycles. The standard InChI is InChI=1S/C25H32ClN7O2S/c1-16-22(28)25(15-35-16)6-11-32(12-7-25)23-18(14-34)31-20(13-30-23)36-19-5-9-29-24(21(19)26)33-10-2-3-17(33)4-8-27/h5,9,13,16-17,22,34H,2-4,6-7,10-12,14-15,28H2,1H3/t16-,17?,22?/m0/s1. The molecular weight excluding hydrogens is 498 g/mol. The summed E-state index contributed by atoms with van der Waals surface area (Å²) in [6.07, 6.45) is 7.86. The largest absolute Gasteiger partial charge is 0.390 e. The van der Waals surface area contributed by atoms with E-state index in [1.807, 2.05) is 13.0 Å². The molecule has 0 amide bonds. The van der Waals surface area contributed by atoms with Crippen molar-refractivity contribution in [1.29, 1.82) is 5.26 Å². The molecule has 192 valence electrons. The molecule has 0 bridgehead atoms. The number of hydrogen-bond donors (Lipinski definition) is 2. The summed E-state index contributed by atoms with van der Waals surface area (Å²) in [6.45, 7) is 5.00. The maximum atomic E-state index is 10.1. The second-order valence-corrected chi connectivity index (χ2v) is 11.4. The molecule has 3 saturated heterocycles. The van der Waals surface area contributed by atoms with Gasteiger partial charge in [0.25, 0.3) is 0 Å². The van der Waals surface area contributed by atoms with Crippen LogP contribution >= 0.6 is 23.4 Å². The van der Waals surface area contributed by atoms with Gasteiger partial charge < -0.3 is 25.4 Å². The SMILES string of the molecule is C[C@@H]1OCC2(CCN(c3ncc(Sc4ccnc(N5CCCC5CC#N)c4Cl)nc3CO)CC2)C1N. The van der Waals surface area contributed by atoms with E-state index in [2.05, 4.69) is 20.9 Å². The van der Waals surface area contributed by atoms with Gasteiger partial charge in [-0.05, 0) is 38.7 Å². The van der Waals surface area contributed by atoms with Crippen molar-refractivity contribution in [3.63, 3.8) is 0 Å². The molecule has 0 saturated carbocycles.